The number of ether oxygens (including phenoxy) is 1. The van der Waals surface area contributed by atoms with Crippen molar-refractivity contribution in [2.24, 2.45) is 0 Å². The van der Waals surface area contributed by atoms with E-state index in [1.807, 2.05) is 11.9 Å². The maximum atomic E-state index is 13.7. The zero-order valence-electron chi connectivity index (χ0n) is 11.6. The van der Waals surface area contributed by atoms with Crippen molar-refractivity contribution in [3.8, 4) is 5.75 Å². The molecule has 0 bridgehead atoms. The number of nitrogens with one attached hydrogen (secondary N) is 1. The van der Waals surface area contributed by atoms with Crippen molar-refractivity contribution in [2.45, 2.75) is 18.9 Å². The first-order valence-corrected chi connectivity index (χ1v) is 6.51. The maximum absolute atomic E-state index is 13.7. The van der Waals surface area contributed by atoms with Crippen molar-refractivity contribution in [3.63, 3.8) is 0 Å². The third-order valence-corrected chi connectivity index (χ3v) is 3.57. The van der Waals surface area contributed by atoms with Crippen LogP contribution in [0, 0.1) is 15.9 Å². The summed E-state index contributed by atoms with van der Waals surface area (Å²) in [5.74, 6) is -0.687. The molecule has 1 aliphatic rings. The van der Waals surface area contributed by atoms with Gasteiger partial charge in [0.1, 0.15) is 5.69 Å². The Morgan fingerprint density at radius 3 is 2.95 bits per heavy atom. The number of rotatable bonds is 5. The predicted molar refractivity (Wildman–Crippen MR) is 73.9 cm³/mol. The molecule has 1 aromatic carbocycles. The zero-order valence-corrected chi connectivity index (χ0v) is 11.6. The largest absolute Gasteiger partial charge is 0.494 e. The van der Waals surface area contributed by atoms with E-state index in [0.717, 1.165) is 32.0 Å². The Labute approximate surface area is 116 Å². The monoisotopic (exact) mass is 283 g/mol. The molecule has 2 rings (SSSR count). The number of likely N-dealkylation sites (N-methyl/N-ethyl adjacent to an activating group) is 1. The molecular formula is C13H18FN3O3. The van der Waals surface area contributed by atoms with Gasteiger partial charge in [-0.3, -0.25) is 10.1 Å². The number of anilines is 1. The third kappa shape index (κ3) is 2.67. The third-order valence-electron chi connectivity index (χ3n) is 3.57. The van der Waals surface area contributed by atoms with Crippen molar-refractivity contribution >= 4 is 11.4 Å². The van der Waals surface area contributed by atoms with Crippen molar-refractivity contribution in [3.05, 3.63) is 28.1 Å². The summed E-state index contributed by atoms with van der Waals surface area (Å²) in [4.78, 5) is 12.6. The quantitative estimate of drug-likeness (QED) is 0.660. The van der Waals surface area contributed by atoms with Gasteiger partial charge in [0, 0.05) is 25.2 Å². The van der Waals surface area contributed by atoms with Crippen LogP contribution >= 0.6 is 0 Å². The Morgan fingerprint density at radius 2 is 2.35 bits per heavy atom. The standard InChI is InChI=1S/C13H18FN3O3/c1-15-8-9-4-3-5-16(9)11-7-13(20-2)10(14)6-12(11)17(18)19/h6-7,9,15H,3-5,8H2,1-2H3. The molecule has 0 saturated carbocycles. The molecular weight excluding hydrogens is 265 g/mol. The first kappa shape index (κ1) is 14.5. The van der Waals surface area contributed by atoms with Crippen LogP contribution in [0.25, 0.3) is 0 Å². The van der Waals surface area contributed by atoms with Crippen molar-refractivity contribution in [2.75, 3.05) is 32.1 Å². The van der Waals surface area contributed by atoms with Crippen LogP contribution in [0.4, 0.5) is 15.8 Å². The van der Waals surface area contributed by atoms with E-state index in [-0.39, 0.29) is 17.5 Å². The second kappa shape index (κ2) is 6.04. The normalized spacial score (nSPS) is 18.4. The van der Waals surface area contributed by atoms with Gasteiger partial charge in [-0.1, -0.05) is 0 Å². The average Bonchev–Trinajstić information content (AvgIpc) is 2.87. The van der Waals surface area contributed by atoms with Gasteiger partial charge < -0.3 is 15.0 Å². The van der Waals surface area contributed by atoms with Crippen molar-refractivity contribution in [1.82, 2.24) is 5.32 Å². The van der Waals surface area contributed by atoms with E-state index in [1.165, 1.54) is 13.2 Å². The Bertz CT molecular complexity index is 510. The molecule has 1 aliphatic heterocycles. The van der Waals surface area contributed by atoms with E-state index >= 15 is 0 Å². The molecule has 1 fully saturated rings. The average molecular weight is 283 g/mol. The summed E-state index contributed by atoms with van der Waals surface area (Å²) in [5, 5.41) is 14.2. The fourth-order valence-electron chi connectivity index (χ4n) is 2.67. The number of nitrogens with zero attached hydrogens (tertiary/aromatic N) is 2. The number of hydrogen-bond acceptors (Lipinski definition) is 5. The summed E-state index contributed by atoms with van der Waals surface area (Å²) >= 11 is 0. The van der Waals surface area contributed by atoms with Gasteiger partial charge in [0.25, 0.3) is 5.69 Å². The van der Waals surface area contributed by atoms with Crippen LogP contribution < -0.4 is 15.0 Å². The van der Waals surface area contributed by atoms with E-state index in [4.69, 9.17) is 4.74 Å². The zero-order chi connectivity index (χ0) is 14.7. The van der Waals surface area contributed by atoms with Crippen LogP contribution in [-0.4, -0.2) is 38.2 Å². The maximum Gasteiger partial charge on any atom is 0.295 e. The van der Waals surface area contributed by atoms with Gasteiger partial charge in [-0.15, -0.1) is 0 Å². The number of methoxy groups -OCH3 is 1. The first-order chi connectivity index (χ1) is 9.58. The van der Waals surface area contributed by atoms with Gasteiger partial charge in [0.2, 0.25) is 0 Å². The molecule has 110 valence electrons. The highest BCUT2D eigenvalue weighted by molar-refractivity contribution is 5.67. The molecule has 20 heavy (non-hydrogen) atoms. The first-order valence-electron chi connectivity index (χ1n) is 6.51. The molecule has 1 unspecified atom stereocenters. The molecule has 7 heteroatoms. The summed E-state index contributed by atoms with van der Waals surface area (Å²) in [6, 6.07) is 2.53. The number of halogens is 1. The highest BCUT2D eigenvalue weighted by Gasteiger charge is 2.30. The summed E-state index contributed by atoms with van der Waals surface area (Å²) < 4.78 is 18.6. The summed E-state index contributed by atoms with van der Waals surface area (Å²) in [6.07, 6.45) is 1.92. The lowest BCUT2D eigenvalue weighted by Gasteiger charge is -2.26. The van der Waals surface area contributed by atoms with Crippen molar-refractivity contribution < 1.29 is 14.1 Å². The van der Waals surface area contributed by atoms with Gasteiger partial charge >= 0.3 is 0 Å². The lowest BCUT2D eigenvalue weighted by atomic mass is 10.2. The molecule has 0 aliphatic carbocycles. The highest BCUT2D eigenvalue weighted by atomic mass is 19.1. The Kier molecular flexibility index (Phi) is 4.39. The number of nitro groups is 1. The van der Waals surface area contributed by atoms with Crippen LogP contribution in [-0.2, 0) is 0 Å². The summed E-state index contributed by atoms with van der Waals surface area (Å²) in [7, 11) is 3.19. The Hall–Kier alpha value is -1.89. The van der Waals surface area contributed by atoms with E-state index in [2.05, 4.69) is 5.32 Å². The predicted octanol–water partition coefficient (Wildman–Crippen LogP) is 1.93. The fourth-order valence-corrected chi connectivity index (χ4v) is 2.67. The Morgan fingerprint density at radius 1 is 1.60 bits per heavy atom. The van der Waals surface area contributed by atoms with Gasteiger partial charge in [-0.25, -0.2) is 4.39 Å². The van der Waals surface area contributed by atoms with Gasteiger partial charge in [0.15, 0.2) is 11.6 Å². The highest BCUT2D eigenvalue weighted by Crippen LogP contribution is 2.37. The minimum Gasteiger partial charge on any atom is -0.494 e. The van der Waals surface area contributed by atoms with Crippen LogP contribution in [0.2, 0.25) is 0 Å². The second-order valence-corrected chi connectivity index (χ2v) is 4.78. The molecule has 6 nitrogen and oxygen atoms in total. The minimum absolute atomic E-state index is 0.0284. The fraction of sp³-hybridized carbons (Fsp3) is 0.538. The van der Waals surface area contributed by atoms with E-state index < -0.39 is 10.7 Å². The number of nitro benzene ring substituents is 1. The summed E-state index contributed by atoms with van der Waals surface area (Å²) in [6.45, 7) is 1.46. The lowest BCUT2D eigenvalue weighted by molar-refractivity contribution is -0.384. The molecule has 1 saturated heterocycles. The smallest absolute Gasteiger partial charge is 0.295 e. The molecule has 1 heterocycles. The molecule has 0 spiro atoms. The van der Waals surface area contributed by atoms with E-state index in [9.17, 15) is 14.5 Å². The van der Waals surface area contributed by atoms with Crippen LogP contribution in [0.3, 0.4) is 0 Å². The number of benzene rings is 1. The topological polar surface area (TPSA) is 67.6 Å². The SMILES string of the molecule is CNCC1CCCN1c1cc(OC)c(F)cc1[N+](=O)[O-]. The molecule has 0 amide bonds. The molecule has 1 N–H and O–H groups in total. The Balaban J connectivity index is 2.45. The van der Waals surface area contributed by atoms with Crippen LogP contribution in [0.1, 0.15) is 12.8 Å². The van der Waals surface area contributed by atoms with Gasteiger partial charge in [0.05, 0.1) is 18.1 Å². The molecule has 1 aromatic rings. The van der Waals surface area contributed by atoms with E-state index in [0.29, 0.717) is 5.69 Å². The second-order valence-electron chi connectivity index (χ2n) is 4.78. The van der Waals surface area contributed by atoms with Crippen molar-refractivity contribution in [1.29, 1.82) is 0 Å². The minimum atomic E-state index is -0.715. The van der Waals surface area contributed by atoms with Crippen LogP contribution in [0.5, 0.6) is 5.75 Å². The van der Waals surface area contributed by atoms with Crippen LogP contribution in [0.15, 0.2) is 12.1 Å². The molecule has 1 atom stereocenters. The lowest BCUT2D eigenvalue weighted by Crippen LogP contribution is -2.37. The van der Waals surface area contributed by atoms with Gasteiger partial charge in [-0.05, 0) is 19.9 Å². The van der Waals surface area contributed by atoms with Gasteiger partial charge in [-0.2, -0.15) is 0 Å². The molecule has 0 aromatic heterocycles. The summed E-state index contributed by atoms with van der Waals surface area (Å²) in [5.41, 5.74) is 0.206. The molecule has 0 radical (unpaired) electrons. The number of hydrogen-bond donors (Lipinski definition) is 1. The van der Waals surface area contributed by atoms with E-state index in [1.54, 1.807) is 0 Å².